The van der Waals surface area contributed by atoms with E-state index in [2.05, 4.69) is 11.7 Å². The van der Waals surface area contributed by atoms with Crippen LogP contribution in [0.2, 0.25) is 0 Å². The molecule has 1 aromatic heterocycles. The molecule has 0 bridgehead atoms. The van der Waals surface area contributed by atoms with Gasteiger partial charge in [0.2, 0.25) is 0 Å². The van der Waals surface area contributed by atoms with Crippen molar-refractivity contribution in [2.24, 2.45) is 5.92 Å². The van der Waals surface area contributed by atoms with Crippen molar-refractivity contribution in [3.63, 3.8) is 0 Å². The van der Waals surface area contributed by atoms with E-state index in [4.69, 9.17) is 0 Å². The third kappa shape index (κ3) is 2.55. The standard InChI is InChI=1S/C14H15F3N2O/c1-7(2)9-4-10(8(3)12(20)5-9)11-6-18-19-13(11)14(15,16)17/h6,9H,1,4-5H2,2-3H3,(H,18,19). The van der Waals surface area contributed by atoms with Crippen LogP contribution in [0.3, 0.4) is 0 Å². The van der Waals surface area contributed by atoms with Crippen LogP contribution in [0.1, 0.15) is 37.9 Å². The fourth-order valence-corrected chi connectivity index (χ4v) is 2.41. The molecular weight excluding hydrogens is 269 g/mol. The fourth-order valence-electron chi connectivity index (χ4n) is 2.41. The van der Waals surface area contributed by atoms with Crippen LogP contribution < -0.4 is 0 Å². The molecular formula is C14H15F3N2O. The Kier molecular flexibility index (Phi) is 3.58. The molecule has 0 saturated heterocycles. The molecule has 0 saturated carbocycles. The number of rotatable bonds is 2. The Balaban J connectivity index is 2.51. The number of allylic oxidation sites excluding steroid dienone is 3. The SMILES string of the molecule is C=C(C)C1CC(=O)C(C)=C(c2cn[nH]c2C(F)(F)F)C1. The molecule has 1 unspecified atom stereocenters. The summed E-state index contributed by atoms with van der Waals surface area (Å²) in [4.78, 5) is 12.0. The van der Waals surface area contributed by atoms with Crippen LogP contribution in [0.15, 0.2) is 23.9 Å². The minimum Gasteiger partial charge on any atom is -0.295 e. The number of alkyl halides is 3. The smallest absolute Gasteiger partial charge is 0.295 e. The molecule has 108 valence electrons. The highest BCUT2D eigenvalue weighted by Crippen LogP contribution is 2.41. The van der Waals surface area contributed by atoms with Gasteiger partial charge in [0.1, 0.15) is 5.69 Å². The lowest BCUT2D eigenvalue weighted by molar-refractivity contribution is -0.141. The summed E-state index contributed by atoms with van der Waals surface area (Å²) in [5.41, 5.74) is 0.668. The number of aromatic amines is 1. The van der Waals surface area contributed by atoms with Crippen LogP contribution in [0.25, 0.3) is 5.57 Å². The van der Waals surface area contributed by atoms with Crippen LogP contribution >= 0.6 is 0 Å². The largest absolute Gasteiger partial charge is 0.433 e. The summed E-state index contributed by atoms with van der Waals surface area (Å²) in [7, 11) is 0. The quantitative estimate of drug-likeness (QED) is 0.840. The summed E-state index contributed by atoms with van der Waals surface area (Å²) in [6.07, 6.45) is -2.69. The molecule has 1 aromatic rings. The van der Waals surface area contributed by atoms with Crippen molar-refractivity contribution in [2.75, 3.05) is 0 Å². The van der Waals surface area contributed by atoms with E-state index in [-0.39, 0.29) is 17.3 Å². The van der Waals surface area contributed by atoms with Gasteiger partial charge in [0, 0.05) is 12.0 Å². The van der Waals surface area contributed by atoms with Crippen molar-refractivity contribution < 1.29 is 18.0 Å². The molecule has 0 aliphatic heterocycles. The Morgan fingerprint density at radius 3 is 2.65 bits per heavy atom. The maximum Gasteiger partial charge on any atom is 0.433 e. The van der Waals surface area contributed by atoms with Crippen molar-refractivity contribution in [1.29, 1.82) is 0 Å². The van der Waals surface area contributed by atoms with Crippen LogP contribution in [-0.4, -0.2) is 16.0 Å². The molecule has 1 heterocycles. The summed E-state index contributed by atoms with van der Waals surface area (Å²) in [6.45, 7) is 7.16. The molecule has 1 atom stereocenters. The fraction of sp³-hybridized carbons (Fsp3) is 0.429. The lowest BCUT2D eigenvalue weighted by Crippen LogP contribution is -2.19. The van der Waals surface area contributed by atoms with Gasteiger partial charge in [-0.15, -0.1) is 0 Å². The maximum atomic E-state index is 12.9. The van der Waals surface area contributed by atoms with Crippen LogP contribution in [0, 0.1) is 5.92 Å². The van der Waals surface area contributed by atoms with E-state index in [0.29, 0.717) is 24.0 Å². The zero-order valence-electron chi connectivity index (χ0n) is 11.3. The number of aromatic nitrogens is 2. The van der Waals surface area contributed by atoms with E-state index in [9.17, 15) is 18.0 Å². The minimum absolute atomic E-state index is 0.0331. The van der Waals surface area contributed by atoms with Gasteiger partial charge >= 0.3 is 6.18 Å². The first-order valence-corrected chi connectivity index (χ1v) is 6.21. The van der Waals surface area contributed by atoms with E-state index >= 15 is 0 Å². The topological polar surface area (TPSA) is 45.8 Å². The molecule has 1 aliphatic rings. The second-order valence-corrected chi connectivity index (χ2v) is 5.13. The Bertz CT molecular complexity index is 596. The van der Waals surface area contributed by atoms with E-state index in [0.717, 1.165) is 11.8 Å². The van der Waals surface area contributed by atoms with Gasteiger partial charge in [-0.3, -0.25) is 9.89 Å². The molecule has 3 nitrogen and oxygen atoms in total. The molecule has 0 radical (unpaired) electrons. The zero-order chi connectivity index (χ0) is 15.1. The van der Waals surface area contributed by atoms with Gasteiger partial charge in [-0.25, -0.2) is 0 Å². The number of halogens is 3. The number of carbonyl (C=O) groups excluding carboxylic acids is 1. The highest BCUT2D eigenvalue weighted by atomic mass is 19.4. The average molecular weight is 284 g/mol. The number of hydrogen-bond donors (Lipinski definition) is 1. The highest BCUT2D eigenvalue weighted by Gasteiger charge is 2.38. The lowest BCUT2D eigenvalue weighted by atomic mass is 9.78. The number of hydrogen-bond acceptors (Lipinski definition) is 2. The second kappa shape index (κ2) is 4.92. The number of ketones is 1. The van der Waals surface area contributed by atoms with Crippen molar-refractivity contribution in [1.82, 2.24) is 10.2 Å². The number of carbonyl (C=O) groups is 1. The van der Waals surface area contributed by atoms with Gasteiger partial charge in [-0.1, -0.05) is 12.2 Å². The Labute approximate surface area is 114 Å². The van der Waals surface area contributed by atoms with Gasteiger partial charge in [0.05, 0.1) is 6.20 Å². The van der Waals surface area contributed by atoms with Crippen molar-refractivity contribution >= 4 is 11.4 Å². The molecule has 0 aromatic carbocycles. The molecule has 0 fully saturated rings. The Hall–Kier alpha value is -1.85. The minimum atomic E-state index is -4.52. The third-order valence-electron chi connectivity index (χ3n) is 3.70. The van der Waals surface area contributed by atoms with Gasteiger partial charge in [0.25, 0.3) is 0 Å². The average Bonchev–Trinajstić information content (AvgIpc) is 2.80. The second-order valence-electron chi connectivity index (χ2n) is 5.13. The van der Waals surface area contributed by atoms with Gasteiger partial charge in [0.15, 0.2) is 5.78 Å². The summed E-state index contributed by atoms with van der Waals surface area (Å²) < 4.78 is 38.8. The van der Waals surface area contributed by atoms with Crippen molar-refractivity contribution in [3.05, 3.63) is 35.2 Å². The lowest BCUT2D eigenvalue weighted by Gasteiger charge is -2.25. The summed E-state index contributed by atoms with van der Waals surface area (Å²) >= 11 is 0. The van der Waals surface area contributed by atoms with Gasteiger partial charge in [-0.2, -0.15) is 18.3 Å². The maximum absolute atomic E-state index is 12.9. The summed E-state index contributed by atoms with van der Waals surface area (Å²) in [5, 5.41) is 5.46. The van der Waals surface area contributed by atoms with Gasteiger partial charge in [-0.05, 0) is 37.3 Å². The van der Waals surface area contributed by atoms with E-state index in [1.54, 1.807) is 13.8 Å². The third-order valence-corrected chi connectivity index (χ3v) is 3.70. The van der Waals surface area contributed by atoms with Crippen molar-refractivity contribution in [3.8, 4) is 0 Å². The highest BCUT2D eigenvalue weighted by molar-refractivity contribution is 6.04. The first-order valence-electron chi connectivity index (χ1n) is 6.21. The summed E-state index contributed by atoms with van der Waals surface area (Å²) in [5.74, 6) is -0.245. The van der Waals surface area contributed by atoms with Crippen LogP contribution in [-0.2, 0) is 11.0 Å². The molecule has 1 N–H and O–H groups in total. The predicted molar refractivity (Wildman–Crippen MR) is 68.7 cm³/mol. The van der Waals surface area contributed by atoms with Crippen LogP contribution in [0.4, 0.5) is 13.2 Å². The predicted octanol–water partition coefficient (Wildman–Crippen LogP) is 3.76. The summed E-state index contributed by atoms with van der Waals surface area (Å²) in [6, 6.07) is 0. The Morgan fingerprint density at radius 2 is 2.10 bits per heavy atom. The number of nitrogens with one attached hydrogen (secondary N) is 1. The van der Waals surface area contributed by atoms with E-state index < -0.39 is 11.9 Å². The molecule has 0 amide bonds. The van der Waals surface area contributed by atoms with Crippen molar-refractivity contribution in [2.45, 2.75) is 32.9 Å². The Morgan fingerprint density at radius 1 is 1.45 bits per heavy atom. The van der Waals surface area contributed by atoms with Gasteiger partial charge < -0.3 is 0 Å². The van der Waals surface area contributed by atoms with E-state index in [1.165, 1.54) is 0 Å². The molecule has 2 rings (SSSR count). The number of H-pyrrole nitrogens is 1. The number of Topliss-reactive ketones (excluding diaryl/α,β-unsaturated/α-hetero) is 1. The molecule has 0 spiro atoms. The number of nitrogens with zero attached hydrogens (tertiary/aromatic N) is 1. The normalized spacial score (nSPS) is 20.4. The van der Waals surface area contributed by atoms with E-state index in [1.807, 2.05) is 5.10 Å². The van der Waals surface area contributed by atoms with Crippen LogP contribution in [0.5, 0.6) is 0 Å². The molecule has 20 heavy (non-hydrogen) atoms. The first-order chi connectivity index (χ1) is 9.21. The first kappa shape index (κ1) is 14.6. The zero-order valence-corrected chi connectivity index (χ0v) is 11.3. The molecule has 6 heteroatoms. The monoisotopic (exact) mass is 284 g/mol. The molecule has 1 aliphatic carbocycles.